The van der Waals surface area contributed by atoms with Gasteiger partial charge in [-0.3, -0.25) is 0 Å². The maximum Gasteiger partial charge on any atom is 0.347 e. The summed E-state index contributed by atoms with van der Waals surface area (Å²) < 4.78 is 4.96. The van der Waals surface area contributed by atoms with Gasteiger partial charge in [-0.1, -0.05) is 29.3 Å². The van der Waals surface area contributed by atoms with Gasteiger partial charge < -0.3 is 9.84 Å². The highest BCUT2D eigenvalue weighted by atomic mass is 35.5. The average Bonchev–Trinajstić information content (AvgIpc) is 2.77. The molecule has 0 aliphatic heterocycles. The van der Waals surface area contributed by atoms with E-state index in [9.17, 15) is 4.79 Å². The number of hydrogen-bond donors (Lipinski definition) is 1. The van der Waals surface area contributed by atoms with Crippen LogP contribution in [0.25, 0.3) is 0 Å². The summed E-state index contributed by atoms with van der Waals surface area (Å²) >= 11 is 13.0. The van der Waals surface area contributed by atoms with Crippen LogP contribution in [0, 0.1) is 0 Å². The Morgan fingerprint density at radius 3 is 2.75 bits per heavy atom. The zero-order valence-corrected chi connectivity index (χ0v) is 12.8. The Balaban J connectivity index is 2.26. The van der Waals surface area contributed by atoms with Crippen molar-refractivity contribution in [2.75, 3.05) is 7.11 Å². The zero-order valence-electron chi connectivity index (χ0n) is 10.5. The first-order valence-electron chi connectivity index (χ1n) is 5.66. The summed E-state index contributed by atoms with van der Waals surface area (Å²) in [4.78, 5) is 15.7. The van der Waals surface area contributed by atoms with Crippen LogP contribution in [-0.2, 0) is 17.8 Å². The van der Waals surface area contributed by atoms with E-state index < -0.39 is 5.97 Å². The molecule has 0 amide bonds. The third-order valence-electron chi connectivity index (χ3n) is 2.56. The SMILES string of the molecule is COCc1nc(Cc2ccc(Cl)c(Cl)c2)sc1C(=O)O. The van der Waals surface area contributed by atoms with Crippen molar-refractivity contribution in [3.8, 4) is 0 Å². The Morgan fingerprint density at radius 1 is 1.40 bits per heavy atom. The van der Waals surface area contributed by atoms with E-state index in [4.69, 9.17) is 33.0 Å². The average molecular weight is 332 g/mol. The van der Waals surface area contributed by atoms with Gasteiger partial charge in [-0.05, 0) is 17.7 Å². The fourth-order valence-corrected chi connectivity index (χ4v) is 2.96. The van der Waals surface area contributed by atoms with Crippen LogP contribution in [0.1, 0.15) is 25.9 Å². The van der Waals surface area contributed by atoms with Crippen LogP contribution in [0.2, 0.25) is 10.0 Å². The molecule has 0 spiro atoms. The summed E-state index contributed by atoms with van der Waals surface area (Å²) in [6.07, 6.45) is 0.506. The predicted molar refractivity (Wildman–Crippen MR) is 79.1 cm³/mol. The van der Waals surface area contributed by atoms with Crippen molar-refractivity contribution in [1.82, 2.24) is 4.98 Å². The molecule has 1 aromatic carbocycles. The lowest BCUT2D eigenvalue weighted by Crippen LogP contribution is -1.99. The number of benzene rings is 1. The van der Waals surface area contributed by atoms with E-state index in [0.29, 0.717) is 27.2 Å². The van der Waals surface area contributed by atoms with Gasteiger partial charge >= 0.3 is 5.97 Å². The highest BCUT2D eigenvalue weighted by Gasteiger charge is 2.17. The van der Waals surface area contributed by atoms with E-state index in [0.717, 1.165) is 16.9 Å². The van der Waals surface area contributed by atoms with E-state index >= 15 is 0 Å². The summed E-state index contributed by atoms with van der Waals surface area (Å²) in [6.45, 7) is 0.180. The topological polar surface area (TPSA) is 59.4 Å². The van der Waals surface area contributed by atoms with Crippen LogP contribution in [-0.4, -0.2) is 23.2 Å². The number of aromatic nitrogens is 1. The number of nitrogens with zero attached hydrogens (tertiary/aromatic N) is 1. The molecule has 1 aromatic heterocycles. The van der Waals surface area contributed by atoms with Crippen LogP contribution in [0.4, 0.5) is 0 Å². The van der Waals surface area contributed by atoms with Crippen LogP contribution in [0.5, 0.6) is 0 Å². The summed E-state index contributed by atoms with van der Waals surface area (Å²) in [5.74, 6) is -0.991. The van der Waals surface area contributed by atoms with Gasteiger partial charge in [0.25, 0.3) is 0 Å². The first-order chi connectivity index (χ1) is 9.51. The van der Waals surface area contributed by atoms with E-state index in [2.05, 4.69) is 4.98 Å². The maximum atomic E-state index is 11.1. The number of ether oxygens (including phenoxy) is 1. The third kappa shape index (κ3) is 3.49. The Morgan fingerprint density at radius 2 is 2.15 bits per heavy atom. The van der Waals surface area contributed by atoms with Gasteiger partial charge in [-0.15, -0.1) is 11.3 Å². The Hall–Kier alpha value is -1.14. The molecule has 2 rings (SSSR count). The molecule has 2 aromatic rings. The molecule has 0 unspecified atom stereocenters. The molecule has 106 valence electrons. The van der Waals surface area contributed by atoms with E-state index in [1.807, 2.05) is 6.07 Å². The smallest absolute Gasteiger partial charge is 0.347 e. The number of hydrogen-bond acceptors (Lipinski definition) is 4. The van der Waals surface area contributed by atoms with E-state index in [-0.39, 0.29) is 11.5 Å². The number of carboxylic acid groups (broad SMARTS) is 1. The summed E-state index contributed by atoms with van der Waals surface area (Å²) in [7, 11) is 1.50. The Kier molecular flexibility index (Phi) is 4.99. The molecular weight excluding hydrogens is 321 g/mol. The van der Waals surface area contributed by atoms with Crippen LogP contribution >= 0.6 is 34.5 Å². The summed E-state index contributed by atoms with van der Waals surface area (Å²) in [5.41, 5.74) is 1.37. The molecule has 0 atom stereocenters. The van der Waals surface area contributed by atoms with Gasteiger partial charge in [0.2, 0.25) is 0 Å². The van der Waals surface area contributed by atoms with Gasteiger partial charge in [0.1, 0.15) is 4.88 Å². The summed E-state index contributed by atoms with van der Waals surface area (Å²) in [6, 6.07) is 5.30. The number of carboxylic acids is 1. The number of thiazole rings is 1. The van der Waals surface area contributed by atoms with Gasteiger partial charge in [0, 0.05) is 13.5 Å². The standard InChI is InChI=1S/C13H11Cl2NO3S/c1-19-6-10-12(13(17)18)20-11(16-10)5-7-2-3-8(14)9(15)4-7/h2-4H,5-6H2,1H3,(H,17,18). The quantitative estimate of drug-likeness (QED) is 0.902. The van der Waals surface area contributed by atoms with Crippen molar-refractivity contribution in [2.45, 2.75) is 13.0 Å². The molecule has 0 saturated heterocycles. The first-order valence-corrected chi connectivity index (χ1v) is 7.23. The van der Waals surface area contributed by atoms with Crippen LogP contribution in [0.15, 0.2) is 18.2 Å². The lowest BCUT2D eigenvalue weighted by atomic mass is 10.2. The van der Waals surface area contributed by atoms with Gasteiger partial charge in [0.15, 0.2) is 0 Å². The van der Waals surface area contributed by atoms with Gasteiger partial charge in [-0.25, -0.2) is 9.78 Å². The number of carbonyl (C=O) groups is 1. The molecule has 7 heteroatoms. The number of halogens is 2. The van der Waals surface area contributed by atoms with Crippen molar-refractivity contribution >= 4 is 40.5 Å². The third-order valence-corrected chi connectivity index (χ3v) is 4.38. The largest absolute Gasteiger partial charge is 0.477 e. The van der Waals surface area contributed by atoms with Crippen LogP contribution < -0.4 is 0 Å². The minimum atomic E-state index is -0.991. The lowest BCUT2D eigenvalue weighted by Gasteiger charge is -2.00. The van der Waals surface area contributed by atoms with Gasteiger partial charge in [-0.2, -0.15) is 0 Å². The van der Waals surface area contributed by atoms with Crippen molar-refractivity contribution in [3.63, 3.8) is 0 Å². The van der Waals surface area contributed by atoms with Crippen molar-refractivity contribution < 1.29 is 14.6 Å². The number of rotatable bonds is 5. The molecular formula is C13H11Cl2NO3S. The Bertz CT molecular complexity index is 643. The van der Waals surface area contributed by atoms with Crippen molar-refractivity contribution in [3.05, 3.63) is 49.4 Å². The monoisotopic (exact) mass is 331 g/mol. The normalized spacial score (nSPS) is 10.8. The molecule has 0 radical (unpaired) electrons. The van der Waals surface area contributed by atoms with Crippen molar-refractivity contribution in [2.24, 2.45) is 0 Å². The second kappa shape index (κ2) is 6.54. The lowest BCUT2D eigenvalue weighted by molar-refractivity contribution is 0.0697. The van der Waals surface area contributed by atoms with Gasteiger partial charge in [0.05, 0.1) is 27.4 Å². The summed E-state index contributed by atoms with van der Waals surface area (Å²) in [5, 5.41) is 10.8. The van der Waals surface area contributed by atoms with Crippen LogP contribution in [0.3, 0.4) is 0 Å². The molecule has 20 heavy (non-hydrogen) atoms. The second-order valence-electron chi connectivity index (χ2n) is 4.05. The Labute approximate surface area is 129 Å². The molecule has 0 aliphatic rings. The molecule has 4 nitrogen and oxygen atoms in total. The highest BCUT2D eigenvalue weighted by molar-refractivity contribution is 7.13. The molecule has 1 heterocycles. The number of methoxy groups -OCH3 is 1. The predicted octanol–water partition coefficient (Wildman–Crippen LogP) is 3.89. The van der Waals surface area contributed by atoms with Crippen molar-refractivity contribution in [1.29, 1.82) is 0 Å². The molecule has 0 aliphatic carbocycles. The molecule has 1 N–H and O–H groups in total. The minimum Gasteiger partial charge on any atom is -0.477 e. The molecule has 0 saturated carbocycles. The molecule has 0 bridgehead atoms. The molecule has 0 fully saturated rings. The zero-order chi connectivity index (χ0) is 14.7. The highest BCUT2D eigenvalue weighted by Crippen LogP contribution is 2.26. The minimum absolute atomic E-state index is 0.180. The number of aromatic carboxylic acids is 1. The van der Waals surface area contributed by atoms with E-state index in [1.54, 1.807) is 12.1 Å². The first kappa shape index (κ1) is 15.3. The fraction of sp³-hybridized carbons (Fsp3) is 0.231. The maximum absolute atomic E-state index is 11.1. The van der Waals surface area contributed by atoms with E-state index in [1.165, 1.54) is 7.11 Å². The fourth-order valence-electron chi connectivity index (χ4n) is 1.70. The second-order valence-corrected chi connectivity index (χ2v) is 5.94.